The van der Waals surface area contributed by atoms with E-state index in [1.54, 1.807) is 38.2 Å². The largest absolute Gasteiger partial charge is 0.453 e. The van der Waals surface area contributed by atoms with Crippen molar-refractivity contribution in [3.05, 3.63) is 83.8 Å². The number of H-pyrrole nitrogens is 1. The van der Waals surface area contributed by atoms with E-state index in [0.29, 0.717) is 33.9 Å². The van der Waals surface area contributed by atoms with Gasteiger partial charge in [0.15, 0.2) is 0 Å². The molecule has 0 saturated carbocycles. The van der Waals surface area contributed by atoms with E-state index in [1.165, 1.54) is 24.1 Å². The second-order valence-electron chi connectivity index (χ2n) is 11.6. The van der Waals surface area contributed by atoms with Crippen molar-refractivity contribution in [3.8, 4) is 33.5 Å². The molecule has 1 aromatic heterocycles. The highest BCUT2D eigenvalue weighted by molar-refractivity contribution is 5.87. The molecule has 4 N–H and O–H groups in total. The van der Waals surface area contributed by atoms with Gasteiger partial charge in [-0.1, -0.05) is 56.3 Å². The number of likely N-dealkylation sites (tertiary alicyclic amines) is 1. The highest BCUT2D eigenvalue weighted by atomic mass is 19.3. The predicted octanol–water partition coefficient (Wildman–Crippen LogP) is 6.44. The summed E-state index contributed by atoms with van der Waals surface area (Å²) in [6.45, 7) is 3.46. The van der Waals surface area contributed by atoms with E-state index in [0.717, 1.165) is 11.1 Å². The lowest BCUT2D eigenvalue weighted by molar-refractivity contribution is -0.135. The quantitative estimate of drug-likeness (QED) is 0.220. The van der Waals surface area contributed by atoms with Crippen LogP contribution in [0.3, 0.4) is 0 Å². The number of nitrogen functional groups attached to an aromatic ring is 1. The lowest BCUT2D eigenvalue weighted by Crippen LogP contribution is -2.51. The molecule has 0 spiro atoms. The number of hydrogen-bond donors (Lipinski definition) is 3. The molecule has 4 aromatic rings. The topological polar surface area (TPSA) is 113 Å². The van der Waals surface area contributed by atoms with E-state index in [1.807, 2.05) is 30.3 Å². The average Bonchev–Trinajstić information content (AvgIpc) is 3.70. The van der Waals surface area contributed by atoms with E-state index in [2.05, 4.69) is 20.0 Å². The maximum Gasteiger partial charge on any atom is 0.407 e. The fourth-order valence-electron chi connectivity index (χ4n) is 6.08. The number of alkyl halides is 3. The summed E-state index contributed by atoms with van der Waals surface area (Å²) in [6, 6.07) is 15.5. The molecule has 1 aliphatic heterocycles. The Morgan fingerprint density at radius 2 is 1.66 bits per heavy atom. The van der Waals surface area contributed by atoms with Crippen LogP contribution in [-0.4, -0.2) is 52.7 Å². The Bertz CT molecular complexity index is 1740. The number of anilines is 1. The maximum atomic E-state index is 15.3. The van der Waals surface area contributed by atoms with Crippen molar-refractivity contribution >= 4 is 17.7 Å². The van der Waals surface area contributed by atoms with Crippen molar-refractivity contribution < 1.29 is 27.5 Å². The third kappa shape index (κ3) is 5.06. The minimum Gasteiger partial charge on any atom is -0.453 e. The summed E-state index contributed by atoms with van der Waals surface area (Å²) < 4.78 is 50.0. The van der Waals surface area contributed by atoms with Crippen molar-refractivity contribution in [2.24, 2.45) is 5.92 Å². The number of halogens is 3. The molecule has 2 heterocycles. The first-order valence-electron chi connectivity index (χ1n) is 14.4. The number of nitrogens with two attached hydrogens (primary N) is 1. The summed E-state index contributed by atoms with van der Waals surface area (Å²) in [5.41, 5.74) is 9.75. The first kappa shape index (κ1) is 29.3. The van der Waals surface area contributed by atoms with Gasteiger partial charge in [0.05, 0.1) is 31.6 Å². The standard InChI is InChI=1S/C33H32F3N5O3/c1-17(2)29(40-32(43)44-3)31(42)41-16-21(34)13-28(41)30-38-15-27(39-30)19-6-4-18(5-7-19)20-8-10-23-24-11-9-22(37)14-26(24)33(35,36)25(23)12-20/h4-12,14-15,17,21,28-29H,13,16,37H2,1-3H3,(H,38,39)(H,40,43)/t21-,28-,29-/m0/s1. The molecule has 3 aromatic carbocycles. The highest BCUT2D eigenvalue weighted by Crippen LogP contribution is 2.52. The predicted molar refractivity (Wildman–Crippen MR) is 160 cm³/mol. The smallest absolute Gasteiger partial charge is 0.407 e. The second kappa shape index (κ2) is 11.0. The van der Waals surface area contributed by atoms with Crippen molar-refractivity contribution in [3.63, 3.8) is 0 Å². The van der Waals surface area contributed by atoms with Crippen LogP contribution in [0.1, 0.15) is 43.3 Å². The summed E-state index contributed by atoms with van der Waals surface area (Å²) in [5.74, 6) is -3.39. The molecule has 1 fully saturated rings. The lowest BCUT2D eigenvalue weighted by Gasteiger charge is -2.29. The number of nitrogens with one attached hydrogen (secondary N) is 2. The fraction of sp³-hybridized carbons (Fsp3) is 0.303. The maximum absolute atomic E-state index is 15.3. The molecule has 2 amide bonds. The van der Waals surface area contributed by atoms with Gasteiger partial charge < -0.3 is 25.7 Å². The Labute approximate surface area is 252 Å². The molecule has 1 aliphatic carbocycles. The Morgan fingerprint density at radius 1 is 1.02 bits per heavy atom. The number of amides is 2. The number of ether oxygens (including phenoxy) is 1. The van der Waals surface area contributed by atoms with Gasteiger partial charge in [-0.25, -0.2) is 14.2 Å². The zero-order valence-corrected chi connectivity index (χ0v) is 24.4. The van der Waals surface area contributed by atoms with E-state index in [-0.39, 0.29) is 30.0 Å². The van der Waals surface area contributed by atoms with E-state index >= 15 is 8.78 Å². The van der Waals surface area contributed by atoms with Crippen LogP contribution in [0, 0.1) is 5.92 Å². The van der Waals surface area contributed by atoms with Gasteiger partial charge in [-0.2, -0.15) is 8.78 Å². The molecule has 11 heteroatoms. The van der Waals surface area contributed by atoms with Crippen LogP contribution in [0.25, 0.3) is 33.5 Å². The van der Waals surface area contributed by atoms with Crippen molar-refractivity contribution in [1.82, 2.24) is 20.2 Å². The molecule has 0 bridgehead atoms. The number of fused-ring (bicyclic) bond motifs is 3. The number of alkyl carbamates (subject to hydrolysis) is 1. The minimum atomic E-state index is -3.15. The molecule has 3 atom stereocenters. The third-order valence-electron chi connectivity index (χ3n) is 8.39. The van der Waals surface area contributed by atoms with Crippen LogP contribution in [-0.2, 0) is 15.5 Å². The number of aromatic nitrogens is 2. The zero-order chi connectivity index (χ0) is 31.3. The number of methoxy groups -OCH3 is 1. The first-order valence-corrected chi connectivity index (χ1v) is 14.4. The average molecular weight is 604 g/mol. The highest BCUT2D eigenvalue weighted by Gasteiger charge is 2.45. The van der Waals surface area contributed by atoms with Crippen LogP contribution in [0.4, 0.5) is 23.7 Å². The van der Waals surface area contributed by atoms with Crippen LogP contribution >= 0.6 is 0 Å². The summed E-state index contributed by atoms with van der Waals surface area (Å²) in [6.07, 6.45) is -0.297. The molecule has 8 nitrogen and oxygen atoms in total. The molecule has 0 unspecified atom stereocenters. The van der Waals surface area contributed by atoms with Crippen LogP contribution in [0.15, 0.2) is 66.9 Å². The first-order chi connectivity index (χ1) is 21.0. The number of rotatable bonds is 6. The molecule has 2 aliphatic rings. The number of imidazole rings is 1. The summed E-state index contributed by atoms with van der Waals surface area (Å²) in [5, 5.41) is 2.55. The summed E-state index contributed by atoms with van der Waals surface area (Å²) >= 11 is 0. The van der Waals surface area contributed by atoms with Crippen molar-refractivity contribution in [1.29, 1.82) is 0 Å². The summed E-state index contributed by atoms with van der Waals surface area (Å²) in [7, 11) is 1.21. The molecule has 0 radical (unpaired) electrons. The van der Waals surface area contributed by atoms with Crippen LogP contribution in [0.5, 0.6) is 0 Å². The normalized spacial score (nSPS) is 19.0. The van der Waals surface area contributed by atoms with Gasteiger partial charge in [-0.05, 0) is 51.9 Å². The molecule has 228 valence electrons. The monoisotopic (exact) mass is 603 g/mol. The number of aromatic amines is 1. The van der Waals surface area contributed by atoms with Crippen molar-refractivity contribution in [2.75, 3.05) is 19.4 Å². The Balaban J connectivity index is 1.22. The SMILES string of the molecule is COC(=O)N[C@H](C(=O)N1C[C@@H](F)C[C@H]1c1ncc(-c2ccc(-c3ccc4c(c3)C(F)(F)c3cc(N)ccc3-4)cc2)[nH]1)C(C)C. The number of benzene rings is 3. The fourth-order valence-corrected chi connectivity index (χ4v) is 6.08. The number of hydrogen-bond acceptors (Lipinski definition) is 5. The van der Waals surface area contributed by atoms with Gasteiger partial charge >= 0.3 is 6.09 Å². The lowest BCUT2D eigenvalue weighted by atomic mass is 9.97. The number of nitrogens with zero attached hydrogens (tertiary/aromatic N) is 2. The zero-order valence-electron chi connectivity index (χ0n) is 24.4. The molecule has 6 rings (SSSR count). The minimum absolute atomic E-state index is 0.0544. The number of carbonyl (C=O) groups is 2. The Kier molecular flexibility index (Phi) is 7.35. The molecular formula is C33H32F3N5O3. The second-order valence-corrected chi connectivity index (χ2v) is 11.6. The van der Waals surface area contributed by atoms with Gasteiger partial charge in [0, 0.05) is 23.2 Å². The molecular weight excluding hydrogens is 571 g/mol. The molecule has 44 heavy (non-hydrogen) atoms. The third-order valence-corrected chi connectivity index (χ3v) is 8.39. The Morgan fingerprint density at radius 3 is 2.34 bits per heavy atom. The molecule has 1 saturated heterocycles. The van der Waals surface area contributed by atoms with Crippen molar-refractivity contribution in [2.45, 2.75) is 44.4 Å². The van der Waals surface area contributed by atoms with Crippen LogP contribution < -0.4 is 11.1 Å². The van der Waals surface area contributed by atoms with E-state index in [4.69, 9.17) is 5.73 Å². The van der Waals surface area contributed by atoms with E-state index < -0.39 is 36.2 Å². The van der Waals surface area contributed by atoms with Crippen LogP contribution in [0.2, 0.25) is 0 Å². The van der Waals surface area contributed by atoms with Gasteiger partial charge in [0.25, 0.3) is 5.92 Å². The van der Waals surface area contributed by atoms with Gasteiger partial charge in [0.2, 0.25) is 5.91 Å². The Hall–Kier alpha value is -4.80. The van der Waals surface area contributed by atoms with E-state index in [9.17, 15) is 14.0 Å². The summed E-state index contributed by atoms with van der Waals surface area (Å²) in [4.78, 5) is 34.3. The van der Waals surface area contributed by atoms with Gasteiger partial charge in [-0.15, -0.1) is 0 Å². The van der Waals surface area contributed by atoms with Gasteiger partial charge in [0.1, 0.15) is 18.0 Å². The number of carbonyl (C=O) groups excluding carboxylic acids is 2. The van der Waals surface area contributed by atoms with Gasteiger partial charge in [-0.3, -0.25) is 4.79 Å².